The Morgan fingerprint density at radius 2 is 1.62 bits per heavy atom. The van der Waals surface area contributed by atoms with E-state index in [1.165, 1.54) is 0 Å². The molecule has 0 spiro atoms. The molecule has 0 radical (unpaired) electrons. The summed E-state index contributed by atoms with van der Waals surface area (Å²) in [5, 5.41) is 4.75. The van der Waals surface area contributed by atoms with Crippen LogP contribution < -0.4 is 10.2 Å². The lowest BCUT2D eigenvalue weighted by molar-refractivity contribution is -0.141. The first-order valence-electron chi connectivity index (χ1n) is 13.1. The maximum Gasteiger partial charge on any atom is 0.258 e. The number of halogens is 1. The van der Waals surface area contributed by atoms with Gasteiger partial charge in [0.2, 0.25) is 11.8 Å². The predicted octanol–water partition coefficient (Wildman–Crippen LogP) is 5.73. The van der Waals surface area contributed by atoms with Gasteiger partial charge in [0.25, 0.3) is 5.91 Å². The van der Waals surface area contributed by atoms with E-state index in [1.54, 1.807) is 16.8 Å². The number of carbonyl (C=O) groups excluding carboxylic acids is 3. The van der Waals surface area contributed by atoms with Crippen molar-refractivity contribution in [3.8, 4) is 0 Å². The van der Waals surface area contributed by atoms with Crippen LogP contribution in [-0.2, 0) is 22.6 Å². The van der Waals surface area contributed by atoms with Crippen LogP contribution >= 0.6 is 15.9 Å². The van der Waals surface area contributed by atoms with E-state index in [-0.39, 0.29) is 24.1 Å². The Balaban J connectivity index is 1.35. The molecule has 39 heavy (non-hydrogen) atoms. The number of benzene rings is 4. The summed E-state index contributed by atoms with van der Waals surface area (Å²) in [6.07, 6.45) is 1.11. The number of anilines is 1. The van der Waals surface area contributed by atoms with Gasteiger partial charge < -0.3 is 15.1 Å². The van der Waals surface area contributed by atoms with Crippen LogP contribution in [0.3, 0.4) is 0 Å². The summed E-state index contributed by atoms with van der Waals surface area (Å²) in [6, 6.07) is 28.5. The molecule has 0 aromatic heterocycles. The van der Waals surface area contributed by atoms with Gasteiger partial charge in [-0.15, -0.1) is 0 Å². The zero-order valence-corrected chi connectivity index (χ0v) is 23.4. The van der Waals surface area contributed by atoms with Gasteiger partial charge in [0.15, 0.2) is 0 Å². The number of likely N-dealkylation sites (N-methyl/N-ethyl adjacent to an activating group) is 1. The lowest BCUT2D eigenvalue weighted by Crippen LogP contribution is -2.49. The van der Waals surface area contributed by atoms with Crippen molar-refractivity contribution < 1.29 is 14.4 Å². The van der Waals surface area contributed by atoms with Crippen molar-refractivity contribution >= 4 is 50.1 Å². The molecule has 198 valence electrons. The highest BCUT2D eigenvalue weighted by atomic mass is 79.9. The minimum absolute atomic E-state index is 0.0340. The summed E-state index contributed by atoms with van der Waals surface area (Å²) in [4.78, 5) is 43.5. The Bertz CT molecular complexity index is 1500. The molecule has 6 nitrogen and oxygen atoms in total. The van der Waals surface area contributed by atoms with Crippen LogP contribution in [0.2, 0.25) is 0 Å². The van der Waals surface area contributed by atoms with Gasteiger partial charge in [-0.05, 0) is 47.2 Å². The van der Waals surface area contributed by atoms with Crippen molar-refractivity contribution in [1.29, 1.82) is 0 Å². The molecular formula is C32H30BrN3O3. The summed E-state index contributed by atoms with van der Waals surface area (Å²) >= 11 is 3.46. The standard InChI is InChI=1S/C32H30BrN3O3/c1-34-31(38)28(20-22-8-3-2-4-9-22)36(21-23-15-17-25(33)18-16-23)29(37)14-7-19-35-27-13-6-11-24-10-5-12-26(30(24)27)32(35)39/h2-6,8-13,15-18,28H,7,14,19-21H2,1H3,(H,34,38). The zero-order valence-electron chi connectivity index (χ0n) is 21.8. The molecule has 0 saturated heterocycles. The molecule has 0 bridgehead atoms. The van der Waals surface area contributed by atoms with E-state index in [2.05, 4.69) is 21.2 Å². The van der Waals surface area contributed by atoms with E-state index in [9.17, 15) is 14.4 Å². The summed E-state index contributed by atoms with van der Waals surface area (Å²) in [5.41, 5.74) is 3.51. The van der Waals surface area contributed by atoms with E-state index in [1.807, 2.05) is 91.0 Å². The van der Waals surface area contributed by atoms with Gasteiger partial charge in [-0.2, -0.15) is 0 Å². The molecule has 1 atom stereocenters. The van der Waals surface area contributed by atoms with Crippen LogP contribution in [0.1, 0.15) is 34.3 Å². The van der Waals surface area contributed by atoms with Crippen molar-refractivity contribution in [3.05, 3.63) is 112 Å². The lowest BCUT2D eigenvalue weighted by atomic mass is 10.0. The van der Waals surface area contributed by atoms with Crippen molar-refractivity contribution in [2.75, 3.05) is 18.5 Å². The number of amides is 3. The second-order valence-corrected chi connectivity index (χ2v) is 10.6. The minimum atomic E-state index is -0.667. The third-order valence-electron chi connectivity index (χ3n) is 7.21. The first-order chi connectivity index (χ1) is 19.0. The van der Waals surface area contributed by atoms with Crippen LogP contribution in [-0.4, -0.2) is 42.3 Å². The fraction of sp³-hybridized carbons (Fsp3) is 0.219. The van der Waals surface area contributed by atoms with Crippen LogP contribution in [0.25, 0.3) is 10.8 Å². The van der Waals surface area contributed by atoms with Crippen LogP contribution in [0.5, 0.6) is 0 Å². The van der Waals surface area contributed by atoms with Crippen molar-refractivity contribution in [2.45, 2.75) is 31.8 Å². The molecule has 3 amide bonds. The molecule has 0 aliphatic carbocycles. The molecule has 7 heteroatoms. The Morgan fingerprint density at radius 1 is 0.897 bits per heavy atom. The third-order valence-corrected chi connectivity index (χ3v) is 7.73. The lowest BCUT2D eigenvalue weighted by Gasteiger charge is -2.31. The Kier molecular flexibility index (Phi) is 8.07. The second kappa shape index (κ2) is 11.8. The topological polar surface area (TPSA) is 69.7 Å². The number of nitrogens with one attached hydrogen (secondary N) is 1. The van der Waals surface area contributed by atoms with E-state index in [0.29, 0.717) is 31.5 Å². The van der Waals surface area contributed by atoms with Gasteiger partial charge >= 0.3 is 0 Å². The van der Waals surface area contributed by atoms with E-state index in [4.69, 9.17) is 0 Å². The molecule has 4 aromatic rings. The zero-order chi connectivity index (χ0) is 27.4. The summed E-state index contributed by atoms with van der Waals surface area (Å²) < 4.78 is 0.947. The van der Waals surface area contributed by atoms with Crippen molar-refractivity contribution in [1.82, 2.24) is 10.2 Å². The number of hydrogen-bond acceptors (Lipinski definition) is 3. The van der Waals surface area contributed by atoms with E-state index in [0.717, 1.165) is 32.1 Å². The van der Waals surface area contributed by atoms with Crippen molar-refractivity contribution in [3.63, 3.8) is 0 Å². The van der Waals surface area contributed by atoms with Gasteiger partial charge in [-0.3, -0.25) is 14.4 Å². The minimum Gasteiger partial charge on any atom is -0.357 e. The second-order valence-electron chi connectivity index (χ2n) is 9.71. The Hall–Kier alpha value is -3.97. The van der Waals surface area contributed by atoms with Crippen LogP contribution in [0.4, 0.5) is 5.69 Å². The van der Waals surface area contributed by atoms with Crippen LogP contribution in [0.15, 0.2) is 95.5 Å². The van der Waals surface area contributed by atoms with Gasteiger partial charge in [0.1, 0.15) is 6.04 Å². The fourth-order valence-electron chi connectivity index (χ4n) is 5.24. The molecule has 1 heterocycles. The summed E-state index contributed by atoms with van der Waals surface area (Å²) in [5.74, 6) is -0.362. The predicted molar refractivity (Wildman–Crippen MR) is 158 cm³/mol. The normalized spacial score (nSPS) is 13.0. The SMILES string of the molecule is CNC(=O)C(Cc1ccccc1)N(Cc1ccc(Br)cc1)C(=O)CCCN1C(=O)c2cccc3cccc1c23. The molecule has 1 aliphatic heterocycles. The number of hydrogen-bond donors (Lipinski definition) is 1. The molecule has 1 aliphatic rings. The molecule has 0 saturated carbocycles. The van der Waals surface area contributed by atoms with E-state index >= 15 is 0 Å². The highest BCUT2D eigenvalue weighted by molar-refractivity contribution is 9.10. The van der Waals surface area contributed by atoms with E-state index < -0.39 is 6.04 Å². The smallest absolute Gasteiger partial charge is 0.258 e. The van der Waals surface area contributed by atoms with Crippen LogP contribution in [0, 0.1) is 0 Å². The van der Waals surface area contributed by atoms with Gasteiger partial charge in [-0.25, -0.2) is 0 Å². The number of rotatable bonds is 10. The van der Waals surface area contributed by atoms with Gasteiger partial charge in [0.05, 0.1) is 5.69 Å². The molecule has 5 rings (SSSR count). The third kappa shape index (κ3) is 5.73. The number of nitrogens with zero attached hydrogens (tertiary/aromatic N) is 2. The quantitative estimate of drug-likeness (QED) is 0.259. The summed E-state index contributed by atoms with van der Waals surface area (Å²) in [7, 11) is 1.60. The maximum absolute atomic E-state index is 13.8. The largest absolute Gasteiger partial charge is 0.357 e. The molecular weight excluding hydrogens is 554 g/mol. The Morgan fingerprint density at radius 3 is 2.33 bits per heavy atom. The average Bonchev–Trinajstić information content (AvgIpc) is 3.24. The highest BCUT2D eigenvalue weighted by Gasteiger charge is 2.31. The van der Waals surface area contributed by atoms with Gasteiger partial charge in [-0.1, -0.05) is 82.7 Å². The molecule has 1 N–H and O–H groups in total. The fourth-order valence-corrected chi connectivity index (χ4v) is 5.50. The first-order valence-corrected chi connectivity index (χ1v) is 13.9. The number of carbonyl (C=O) groups is 3. The summed E-state index contributed by atoms with van der Waals surface area (Å²) in [6.45, 7) is 0.734. The molecule has 1 unspecified atom stereocenters. The maximum atomic E-state index is 13.8. The van der Waals surface area contributed by atoms with Gasteiger partial charge in [0, 0.05) is 48.4 Å². The van der Waals surface area contributed by atoms with Crippen molar-refractivity contribution in [2.24, 2.45) is 0 Å². The Labute approximate surface area is 236 Å². The first kappa shape index (κ1) is 26.6. The molecule has 4 aromatic carbocycles. The monoisotopic (exact) mass is 583 g/mol. The average molecular weight is 585 g/mol. The highest BCUT2D eigenvalue weighted by Crippen LogP contribution is 2.37. The molecule has 0 fully saturated rings.